The van der Waals surface area contributed by atoms with E-state index in [9.17, 15) is 0 Å². The van der Waals surface area contributed by atoms with Crippen LogP contribution in [0.5, 0.6) is 0 Å². The number of nitrogens with zero attached hydrogens (tertiary/aromatic N) is 4. The van der Waals surface area contributed by atoms with Crippen molar-refractivity contribution >= 4 is 196 Å². The van der Waals surface area contributed by atoms with E-state index in [0.29, 0.717) is 0 Å². The quantitative estimate of drug-likeness (QED) is 0.147. The van der Waals surface area contributed by atoms with Gasteiger partial charge in [-0.3, -0.25) is 0 Å². The van der Waals surface area contributed by atoms with Gasteiger partial charge < -0.3 is 13.3 Å². The second-order valence-electron chi connectivity index (χ2n) is 33.5. The van der Waals surface area contributed by atoms with E-state index in [1.54, 1.807) is 0 Å². The average molecular weight is 1640 g/mol. The van der Waals surface area contributed by atoms with Gasteiger partial charge in [-0.2, -0.15) is 0 Å². The second-order valence-corrected chi connectivity index (χ2v) is 33.5. The van der Waals surface area contributed by atoms with Crippen LogP contribution in [0.3, 0.4) is 0 Å². The minimum Gasteiger partial charge on any atom is -0.455 e. The van der Waals surface area contributed by atoms with Gasteiger partial charge in [0, 0.05) is 97.7 Å². The Bertz CT molecular complexity index is 9470. The lowest BCUT2D eigenvalue weighted by atomic mass is 9.91. The zero-order valence-corrected chi connectivity index (χ0v) is 69.6. The largest absolute Gasteiger partial charge is 0.455 e. The molecule has 0 unspecified atom stereocenters. The average Bonchev–Trinajstić information content (AvgIpc) is 1.63. The minimum absolute atomic E-state index is 0.891. The van der Waals surface area contributed by atoms with Crippen LogP contribution in [0.25, 0.3) is 274 Å². The minimum atomic E-state index is 0.891. The summed E-state index contributed by atoms with van der Waals surface area (Å²) in [6, 6.07) is 154. The van der Waals surface area contributed by atoms with E-state index in [-0.39, 0.29) is 0 Å². The van der Waals surface area contributed by atoms with Crippen LogP contribution in [0.1, 0.15) is 0 Å². The molecule has 0 N–H and O–H groups in total. The van der Waals surface area contributed by atoms with Crippen LogP contribution in [0.2, 0.25) is 0 Å². The highest BCUT2D eigenvalue weighted by Crippen LogP contribution is 2.51. The number of aromatic nitrogens is 4. The van der Waals surface area contributed by atoms with Crippen LogP contribution < -0.4 is 0 Å². The molecule has 0 aliphatic carbocycles. The first-order valence-corrected chi connectivity index (χ1v) is 43.9. The molecule has 0 fully saturated rings. The Morgan fingerprint density at radius 1 is 0.147 bits per heavy atom. The molecule has 0 amide bonds. The van der Waals surface area contributed by atoms with Crippen molar-refractivity contribution in [1.29, 1.82) is 0 Å². The smallest absolute Gasteiger partial charge is 0.146 e. The Balaban J connectivity index is 0.000000102. The highest BCUT2D eigenvalue weighted by molar-refractivity contribution is 6.38. The Kier molecular flexibility index (Phi) is 16.9. The summed E-state index contributed by atoms with van der Waals surface area (Å²) in [7, 11) is 0. The molecule has 7 heteroatoms. The summed E-state index contributed by atoms with van der Waals surface area (Å²) in [4.78, 5) is 21.7. The molecule has 0 bridgehead atoms. The number of para-hydroxylation sites is 3. The predicted molar refractivity (Wildman–Crippen MR) is 540 cm³/mol. The first-order chi connectivity index (χ1) is 64.0. The monoisotopic (exact) mass is 1640 g/mol. The number of fused-ring (bicyclic) bond motifs is 34. The van der Waals surface area contributed by atoms with Gasteiger partial charge in [-0.25, -0.2) is 19.9 Å². The molecule has 598 valence electrons. The van der Waals surface area contributed by atoms with Gasteiger partial charge in [0.25, 0.3) is 0 Å². The van der Waals surface area contributed by atoms with E-state index in [4.69, 9.17) is 33.2 Å². The molecule has 0 radical (unpaired) electrons. The second kappa shape index (κ2) is 29.7. The highest BCUT2D eigenvalue weighted by Gasteiger charge is 2.27. The van der Waals surface area contributed by atoms with E-state index < -0.39 is 0 Å². The molecule has 0 aliphatic heterocycles. The molecule has 7 heterocycles. The topological polar surface area (TPSA) is 91.0 Å². The molecule has 28 rings (SSSR count). The molecule has 0 saturated heterocycles. The molecular formula is C122H72N4O3. The Hall–Kier alpha value is -17.3. The van der Waals surface area contributed by atoms with E-state index in [1.807, 2.05) is 24.3 Å². The molecule has 0 aliphatic rings. The van der Waals surface area contributed by atoms with Crippen molar-refractivity contribution < 1.29 is 13.3 Å². The summed E-state index contributed by atoms with van der Waals surface area (Å²) in [6.07, 6.45) is 0. The van der Waals surface area contributed by atoms with Crippen molar-refractivity contribution in [3.8, 4) is 78.4 Å². The summed E-state index contributed by atoms with van der Waals surface area (Å²) in [5, 5.41) is 29.6. The summed E-state index contributed by atoms with van der Waals surface area (Å²) >= 11 is 0. The molecule has 7 nitrogen and oxygen atoms in total. The van der Waals surface area contributed by atoms with Crippen molar-refractivity contribution in [3.63, 3.8) is 0 Å². The van der Waals surface area contributed by atoms with Crippen LogP contribution in [-0.4, -0.2) is 19.9 Å². The van der Waals surface area contributed by atoms with Gasteiger partial charge in [0.15, 0.2) is 0 Å². The van der Waals surface area contributed by atoms with Crippen LogP contribution in [-0.2, 0) is 0 Å². The number of benzene rings is 21. The van der Waals surface area contributed by atoms with Gasteiger partial charge >= 0.3 is 0 Å². The Morgan fingerprint density at radius 3 is 0.876 bits per heavy atom. The standard InChI is InChI=1S/C42H24N2O.C41H25NO.C39H23NO/c1-2-12-25(13-3-1)39-30-17-7-4-14-27(30)34-24-26(22-23-35(34)43-39)40-31-18-8-6-16-29(31)38-41(44-40)32-19-9-5-15-28(32)37-33-20-10-11-21-36(33)45-42(37)38;1-3-13-26(14-4-1)28-23-29(27-15-5-2-6-16-27)25-30(24-28)39-33-19-9-8-18-32(33)38-40(42-39)34-20-10-7-17-31(34)37-35-21-11-12-22-36(35)43-41(37)38;1-2-15-27-24(11-1)12-10-21-28(27)25-13-9-14-26(23-25)37-31-18-5-4-17-30(31)36-38(40-37)32-19-6-3-16-29(32)35-33-20-7-8-22-34(33)41-39(35)36/h1-24H;1-25H;1-23H. The van der Waals surface area contributed by atoms with Crippen molar-refractivity contribution in [1.82, 2.24) is 19.9 Å². The first-order valence-electron chi connectivity index (χ1n) is 43.9. The van der Waals surface area contributed by atoms with E-state index in [2.05, 4.69) is 413 Å². The fraction of sp³-hybridized carbons (Fsp3) is 0. The van der Waals surface area contributed by atoms with Crippen LogP contribution in [0.15, 0.2) is 450 Å². The number of hydrogen-bond acceptors (Lipinski definition) is 7. The summed E-state index contributed by atoms with van der Waals surface area (Å²) in [6.45, 7) is 0. The van der Waals surface area contributed by atoms with Crippen LogP contribution in [0.4, 0.5) is 0 Å². The van der Waals surface area contributed by atoms with E-state index in [0.717, 1.165) is 224 Å². The zero-order valence-electron chi connectivity index (χ0n) is 69.6. The van der Waals surface area contributed by atoms with Crippen molar-refractivity contribution in [3.05, 3.63) is 437 Å². The van der Waals surface area contributed by atoms with Gasteiger partial charge in [-0.15, -0.1) is 0 Å². The lowest BCUT2D eigenvalue weighted by molar-refractivity contribution is 0.672. The molecule has 129 heavy (non-hydrogen) atoms. The fourth-order valence-electron chi connectivity index (χ4n) is 20.5. The van der Waals surface area contributed by atoms with Gasteiger partial charge in [-0.05, 0) is 136 Å². The number of hydrogen-bond donors (Lipinski definition) is 0. The highest BCUT2D eigenvalue weighted by atomic mass is 16.3. The molecule has 0 spiro atoms. The van der Waals surface area contributed by atoms with Crippen LogP contribution >= 0.6 is 0 Å². The van der Waals surface area contributed by atoms with Gasteiger partial charge in [0.2, 0.25) is 0 Å². The molecule has 28 aromatic rings. The third kappa shape index (κ3) is 11.8. The van der Waals surface area contributed by atoms with Gasteiger partial charge in [0.05, 0.1) is 61.0 Å². The SMILES string of the molecule is c1cc(-c2cccc3ccccc23)cc(-c2nc3c4ccccc4c4c5ccccc5oc4c3c3ccccc23)c1.c1ccc(-c2cc(-c3ccccc3)cc(-c3nc4c5ccccc5c5c6ccccc6oc5c4c4ccccc34)c2)cc1.c1ccc(-c2nc3ccc(-c4nc5c6ccccc6c6c7ccccc7oc6c5c5ccccc45)cc3c3ccccc23)cc1. The maximum Gasteiger partial charge on any atom is 0.146 e. The van der Waals surface area contributed by atoms with E-state index in [1.165, 1.54) is 49.5 Å². The number of furan rings is 3. The molecular weight excluding hydrogens is 1570 g/mol. The molecule has 21 aromatic carbocycles. The normalized spacial score (nSPS) is 11.9. The predicted octanol–water partition coefficient (Wildman–Crippen LogP) is 33.8. The summed E-state index contributed by atoms with van der Waals surface area (Å²) < 4.78 is 19.9. The lowest BCUT2D eigenvalue weighted by Gasteiger charge is -2.15. The first kappa shape index (κ1) is 73.3. The number of pyridine rings is 4. The van der Waals surface area contributed by atoms with Gasteiger partial charge in [-0.1, -0.05) is 382 Å². The van der Waals surface area contributed by atoms with E-state index >= 15 is 0 Å². The molecule has 0 atom stereocenters. The third-order valence-corrected chi connectivity index (χ3v) is 26.2. The molecule has 0 saturated carbocycles. The summed E-state index contributed by atoms with van der Waals surface area (Å²) in [5.74, 6) is 0. The van der Waals surface area contributed by atoms with Crippen molar-refractivity contribution in [2.24, 2.45) is 0 Å². The van der Waals surface area contributed by atoms with Crippen LogP contribution in [0, 0.1) is 0 Å². The Morgan fingerprint density at radius 2 is 0.434 bits per heavy atom. The fourth-order valence-corrected chi connectivity index (χ4v) is 20.5. The van der Waals surface area contributed by atoms with Crippen molar-refractivity contribution in [2.45, 2.75) is 0 Å². The third-order valence-electron chi connectivity index (χ3n) is 26.2. The molecule has 7 aromatic heterocycles. The summed E-state index contributed by atoms with van der Waals surface area (Å²) in [5.41, 5.74) is 24.6. The Labute approximate surface area is 738 Å². The maximum atomic E-state index is 6.64. The zero-order chi connectivity index (χ0) is 84.7. The lowest BCUT2D eigenvalue weighted by Crippen LogP contribution is -1.93. The maximum absolute atomic E-state index is 6.64. The van der Waals surface area contributed by atoms with Crippen molar-refractivity contribution in [2.75, 3.05) is 0 Å². The van der Waals surface area contributed by atoms with Gasteiger partial charge in [0.1, 0.15) is 33.5 Å². The number of rotatable bonds is 7.